The minimum absolute atomic E-state index is 0.151. The summed E-state index contributed by atoms with van der Waals surface area (Å²) < 4.78 is 5.37. The Labute approximate surface area is 160 Å². The molecule has 1 aliphatic rings. The van der Waals surface area contributed by atoms with Gasteiger partial charge in [-0.3, -0.25) is 9.69 Å². The zero-order valence-corrected chi connectivity index (χ0v) is 15.8. The molecule has 1 aliphatic heterocycles. The number of morpholine rings is 1. The highest BCUT2D eigenvalue weighted by Gasteiger charge is 2.16. The molecule has 1 N–H and O–H groups in total. The van der Waals surface area contributed by atoms with Crippen molar-refractivity contribution in [1.82, 2.24) is 14.8 Å². The number of aromatic nitrogens is 1. The summed E-state index contributed by atoms with van der Waals surface area (Å²) in [4.78, 5) is 20.1. The van der Waals surface area contributed by atoms with E-state index in [1.54, 1.807) is 0 Å². The minimum Gasteiger partial charge on any atom is -0.379 e. The van der Waals surface area contributed by atoms with Gasteiger partial charge in [-0.25, -0.2) is 0 Å². The number of H-pyrrole nitrogens is 1. The molecule has 0 atom stereocenters. The van der Waals surface area contributed by atoms with Crippen LogP contribution < -0.4 is 0 Å². The lowest BCUT2D eigenvalue weighted by Gasteiger charge is -2.30. The van der Waals surface area contributed by atoms with Crippen molar-refractivity contribution < 1.29 is 9.53 Å². The molecule has 27 heavy (non-hydrogen) atoms. The summed E-state index contributed by atoms with van der Waals surface area (Å²) in [7, 11) is 0. The molecule has 0 radical (unpaired) electrons. The first kappa shape index (κ1) is 19.4. The summed E-state index contributed by atoms with van der Waals surface area (Å²) in [5.74, 6) is 0.151. The highest BCUT2D eigenvalue weighted by molar-refractivity contribution is 5.83. The Morgan fingerprint density at radius 2 is 2.07 bits per heavy atom. The number of hydrogen-bond donors (Lipinski definition) is 1. The van der Waals surface area contributed by atoms with Crippen LogP contribution in [0.4, 0.5) is 0 Å². The molecule has 0 saturated carbocycles. The Hall–Kier alpha value is -2.36. The molecule has 2 heterocycles. The number of nitrogens with zero attached hydrogens (tertiary/aromatic N) is 3. The van der Waals surface area contributed by atoms with Crippen molar-refractivity contribution in [2.24, 2.45) is 0 Å². The van der Waals surface area contributed by atoms with Crippen molar-refractivity contribution in [3.63, 3.8) is 0 Å². The Balaban J connectivity index is 1.48. The third-order valence-electron chi connectivity index (χ3n) is 5.15. The van der Waals surface area contributed by atoms with Gasteiger partial charge in [-0.1, -0.05) is 18.2 Å². The van der Waals surface area contributed by atoms with Crippen LogP contribution in [0.5, 0.6) is 0 Å². The fraction of sp³-hybridized carbons (Fsp3) is 0.524. The van der Waals surface area contributed by atoms with E-state index in [0.717, 1.165) is 51.2 Å². The molecular formula is C21H28N4O2. The molecule has 1 aromatic carbocycles. The molecule has 1 saturated heterocycles. The van der Waals surface area contributed by atoms with Gasteiger partial charge in [0, 0.05) is 56.2 Å². The lowest BCUT2D eigenvalue weighted by atomic mass is 10.1. The fourth-order valence-electron chi connectivity index (χ4n) is 3.56. The summed E-state index contributed by atoms with van der Waals surface area (Å²) in [6.45, 7) is 5.42. The average Bonchev–Trinajstić information content (AvgIpc) is 3.12. The monoisotopic (exact) mass is 368 g/mol. The normalized spacial score (nSPS) is 14.9. The molecule has 6 nitrogen and oxygen atoms in total. The first-order valence-corrected chi connectivity index (χ1v) is 9.78. The van der Waals surface area contributed by atoms with Gasteiger partial charge < -0.3 is 14.6 Å². The third-order valence-corrected chi connectivity index (χ3v) is 5.15. The molecule has 3 rings (SSSR count). The van der Waals surface area contributed by atoms with Gasteiger partial charge in [0.15, 0.2) is 0 Å². The summed E-state index contributed by atoms with van der Waals surface area (Å²) in [6, 6.07) is 10.4. The Morgan fingerprint density at radius 3 is 2.89 bits per heavy atom. The quantitative estimate of drug-likeness (QED) is 0.738. The molecule has 1 amide bonds. The van der Waals surface area contributed by atoms with Gasteiger partial charge >= 0.3 is 0 Å². The van der Waals surface area contributed by atoms with E-state index >= 15 is 0 Å². The maximum Gasteiger partial charge on any atom is 0.222 e. The Kier molecular flexibility index (Phi) is 7.26. The van der Waals surface area contributed by atoms with E-state index in [4.69, 9.17) is 10.00 Å². The van der Waals surface area contributed by atoms with Gasteiger partial charge in [0.2, 0.25) is 5.91 Å². The highest BCUT2D eigenvalue weighted by Crippen LogP contribution is 2.19. The van der Waals surface area contributed by atoms with E-state index in [9.17, 15) is 4.79 Å². The molecule has 144 valence electrons. The molecule has 0 unspecified atom stereocenters. The van der Waals surface area contributed by atoms with Crippen LogP contribution in [-0.2, 0) is 16.0 Å². The van der Waals surface area contributed by atoms with Gasteiger partial charge in [-0.15, -0.1) is 0 Å². The van der Waals surface area contributed by atoms with E-state index in [2.05, 4.69) is 28.1 Å². The van der Waals surface area contributed by atoms with Gasteiger partial charge in [-0.05, 0) is 24.5 Å². The van der Waals surface area contributed by atoms with Crippen LogP contribution in [0.25, 0.3) is 10.9 Å². The lowest BCUT2D eigenvalue weighted by molar-refractivity contribution is -0.131. The standard InChI is InChI=1S/C21H28N4O2/c22-9-4-10-25(12-11-24-13-15-27-16-14-24)21(26)8-3-5-18-17-23-20-7-2-1-6-19(18)20/h1-2,6-7,17,23H,3-5,8,10-16H2. The second-order valence-corrected chi connectivity index (χ2v) is 6.96. The van der Waals surface area contributed by atoms with E-state index in [1.165, 1.54) is 10.9 Å². The molecule has 2 aromatic rings. The molecule has 0 spiro atoms. The van der Waals surface area contributed by atoms with Crippen molar-refractivity contribution >= 4 is 16.8 Å². The molecule has 0 aliphatic carbocycles. The van der Waals surface area contributed by atoms with Crippen molar-refractivity contribution in [1.29, 1.82) is 5.26 Å². The Morgan fingerprint density at radius 1 is 1.26 bits per heavy atom. The van der Waals surface area contributed by atoms with Crippen LogP contribution in [0.15, 0.2) is 30.5 Å². The lowest BCUT2D eigenvalue weighted by Crippen LogP contribution is -2.43. The molecule has 1 fully saturated rings. The number of aryl methyl sites for hydroxylation is 1. The third kappa shape index (κ3) is 5.56. The number of rotatable bonds is 9. The van der Waals surface area contributed by atoms with Crippen LogP contribution in [0.2, 0.25) is 0 Å². The number of benzene rings is 1. The van der Waals surface area contributed by atoms with Gasteiger partial charge in [0.1, 0.15) is 0 Å². The molecule has 6 heteroatoms. The molecule has 1 aromatic heterocycles. The average molecular weight is 368 g/mol. The van der Waals surface area contributed by atoms with Crippen LogP contribution in [0.1, 0.15) is 24.8 Å². The number of amides is 1. The van der Waals surface area contributed by atoms with Gasteiger partial charge in [-0.2, -0.15) is 5.26 Å². The predicted octanol–water partition coefficient (Wildman–Crippen LogP) is 2.57. The topological polar surface area (TPSA) is 72.4 Å². The SMILES string of the molecule is N#CCCN(CCN1CCOCC1)C(=O)CCCc1c[nH]c2ccccc12. The molecular weight excluding hydrogens is 340 g/mol. The number of carbonyl (C=O) groups is 1. The van der Waals surface area contributed by atoms with Gasteiger partial charge in [0.25, 0.3) is 0 Å². The number of fused-ring (bicyclic) bond motifs is 1. The van der Waals surface area contributed by atoms with Gasteiger partial charge in [0.05, 0.1) is 25.7 Å². The summed E-state index contributed by atoms with van der Waals surface area (Å²) >= 11 is 0. The van der Waals surface area contributed by atoms with Crippen molar-refractivity contribution in [3.05, 3.63) is 36.0 Å². The maximum atomic E-state index is 12.7. The highest BCUT2D eigenvalue weighted by atomic mass is 16.5. The van der Waals surface area contributed by atoms with Crippen LogP contribution >= 0.6 is 0 Å². The molecule has 0 bridgehead atoms. The smallest absolute Gasteiger partial charge is 0.222 e. The zero-order chi connectivity index (χ0) is 18.9. The second-order valence-electron chi connectivity index (χ2n) is 6.96. The van der Waals surface area contributed by atoms with Crippen molar-refractivity contribution in [2.75, 3.05) is 45.9 Å². The minimum atomic E-state index is 0.151. The van der Waals surface area contributed by atoms with Crippen molar-refractivity contribution in [2.45, 2.75) is 25.7 Å². The number of ether oxygens (including phenoxy) is 1. The van der Waals surface area contributed by atoms with Crippen LogP contribution in [0.3, 0.4) is 0 Å². The van der Waals surface area contributed by atoms with E-state index in [1.807, 2.05) is 23.2 Å². The van der Waals surface area contributed by atoms with E-state index in [-0.39, 0.29) is 5.91 Å². The van der Waals surface area contributed by atoms with E-state index in [0.29, 0.717) is 25.9 Å². The van der Waals surface area contributed by atoms with E-state index < -0.39 is 0 Å². The summed E-state index contributed by atoms with van der Waals surface area (Å²) in [6.07, 6.45) is 4.65. The maximum absolute atomic E-state index is 12.7. The summed E-state index contributed by atoms with van der Waals surface area (Å²) in [5, 5.41) is 10.1. The van der Waals surface area contributed by atoms with Crippen molar-refractivity contribution in [3.8, 4) is 6.07 Å². The van der Waals surface area contributed by atoms with Crippen LogP contribution in [-0.4, -0.2) is 66.6 Å². The number of para-hydroxylation sites is 1. The zero-order valence-electron chi connectivity index (χ0n) is 15.8. The number of nitrogens with one attached hydrogen (secondary N) is 1. The van der Waals surface area contributed by atoms with Crippen LogP contribution in [0, 0.1) is 11.3 Å². The number of hydrogen-bond acceptors (Lipinski definition) is 4. The largest absolute Gasteiger partial charge is 0.379 e. The second kappa shape index (κ2) is 10.1. The Bertz CT molecular complexity index is 774. The first-order valence-electron chi connectivity index (χ1n) is 9.78. The number of carbonyl (C=O) groups excluding carboxylic acids is 1. The summed E-state index contributed by atoms with van der Waals surface area (Å²) in [5.41, 5.74) is 2.40. The fourth-order valence-corrected chi connectivity index (χ4v) is 3.56. The number of nitriles is 1. The predicted molar refractivity (Wildman–Crippen MR) is 105 cm³/mol. The number of aromatic amines is 1. The first-order chi connectivity index (χ1) is 13.3.